The van der Waals surface area contributed by atoms with E-state index in [9.17, 15) is 9.90 Å². The molecule has 5 nitrogen and oxygen atoms in total. The van der Waals surface area contributed by atoms with E-state index in [-0.39, 0.29) is 6.04 Å². The molecule has 1 aromatic rings. The van der Waals surface area contributed by atoms with Gasteiger partial charge in [0, 0.05) is 38.8 Å². The minimum atomic E-state index is -0.597. The third kappa shape index (κ3) is 8.37. The van der Waals surface area contributed by atoms with Crippen LogP contribution in [-0.2, 0) is 11.2 Å². The van der Waals surface area contributed by atoms with Crippen LogP contribution >= 0.6 is 11.8 Å². The highest BCUT2D eigenvalue weighted by molar-refractivity contribution is 8.05. The summed E-state index contributed by atoms with van der Waals surface area (Å²) in [7, 11) is 0. The SMILES string of the molecule is C=C(SC=C(C)C)N(CCc1ccccc1)C1CCN(CC2CCN(C(C(=O)O)C3CCCCC3)C2)CC1. The number of benzene rings is 1. The standard InChI is InChI=1S/C32H49N3O2S/c1-25(2)24-38-26(3)35(21-15-27-10-6-4-7-11-27)30-16-18-33(19-17-30)22-28-14-20-34(23-28)31(32(36)37)29-12-8-5-9-13-29/h4,6-7,10-11,24,28-31H,3,5,8-9,12-23H2,1-2H3,(H,36,37). The molecule has 2 aliphatic heterocycles. The number of hydrogen-bond acceptors (Lipinski definition) is 5. The van der Waals surface area contributed by atoms with Crippen LogP contribution in [0.2, 0.25) is 0 Å². The number of hydrogen-bond donors (Lipinski definition) is 1. The lowest BCUT2D eigenvalue weighted by molar-refractivity contribution is -0.145. The zero-order chi connectivity index (χ0) is 26.9. The Bertz CT molecular complexity index is 918. The molecule has 0 amide bonds. The Kier molecular flexibility index (Phi) is 11.2. The molecule has 1 aromatic carbocycles. The van der Waals surface area contributed by atoms with Gasteiger partial charge in [-0.15, -0.1) is 0 Å². The number of carbonyl (C=O) groups is 1. The molecule has 0 spiro atoms. The number of carboxylic acid groups (broad SMARTS) is 1. The van der Waals surface area contributed by atoms with E-state index in [4.69, 9.17) is 0 Å². The van der Waals surface area contributed by atoms with Gasteiger partial charge in [0.05, 0.1) is 5.03 Å². The number of thioether (sulfide) groups is 1. The molecule has 1 aliphatic carbocycles. The summed E-state index contributed by atoms with van der Waals surface area (Å²) in [4.78, 5) is 19.7. The van der Waals surface area contributed by atoms with Gasteiger partial charge in [-0.2, -0.15) is 0 Å². The third-order valence-corrected chi connectivity index (χ3v) is 9.91. The smallest absolute Gasteiger partial charge is 0.321 e. The summed E-state index contributed by atoms with van der Waals surface area (Å²) in [5, 5.41) is 13.4. The van der Waals surface area contributed by atoms with Gasteiger partial charge >= 0.3 is 5.97 Å². The van der Waals surface area contributed by atoms with Crippen LogP contribution in [0.25, 0.3) is 0 Å². The van der Waals surface area contributed by atoms with E-state index >= 15 is 0 Å². The number of nitrogens with zero attached hydrogens (tertiary/aromatic N) is 3. The van der Waals surface area contributed by atoms with Gasteiger partial charge in [0.2, 0.25) is 0 Å². The van der Waals surface area contributed by atoms with Gasteiger partial charge in [0.25, 0.3) is 0 Å². The Hall–Kier alpha value is -1.76. The monoisotopic (exact) mass is 539 g/mol. The molecule has 3 aliphatic rings. The van der Waals surface area contributed by atoms with Gasteiger partial charge in [-0.3, -0.25) is 9.69 Å². The van der Waals surface area contributed by atoms with Crippen molar-refractivity contribution in [3.63, 3.8) is 0 Å². The summed E-state index contributed by atoms with van der Waals surface area (Å²) in [6.45, 7) is 15.0. The average molecular weight is 540 g/mol. The van der Waals surface area contributed by atoms with E-state index in [1.165, 1.54) is 43.2 Å². The average Bonchev–Trinajstić information content (AvgIpc) is 3.37. The Balaban J connectivity index is 1.28. The zero-order valence-electron chi connectivity index (χ0n) is 23.7. The van der Waals surface area contributed by atoms with Crippen LogP contribution in [0.4, 0.5) is 0 Å². The van der Waals surface area contributed by atoms with Crippen molar-refractivity contribution in [2.75, 3.05) is 39.3 Å². The highest BCUT2D eigenvalue weighted by Crippen LogP contribution is 2.33. The lowest BCUT2D eigenvalue weighted by Crippen LogP contribution is -2.47. The Morgan fingerprint density at radius 3 is 2.45 bits per heavy atom. The Morgan fingerprint density at radius 1 is 1.08 bits per heavy atom. The summed E-state index contributed by atoms with van der Waals surface area (Å²) in [6, 6.07) is 11.0. The minimum Gasteiger partial charge on any atom is -0.480 e. The topological polar surface area (TPSA) is 47.0 Å². The number of likely N-dealkylation sites (tertiary alicyclic amines) is 2. The van der Waals surface area contributed by atoms with Crippen LogP contribution in [0, 0.1) is 11.8 Å². The number of piperidine rings is 1. The molecule has 210 valence electrons. The molecule has 2 heterocycles. The molecule has 3 fully saturated rings. The molecule has 2 saturated heterocycles. The zero-order valence-corrected chi connectivity index (χ0v) is 24.5. The molecular formula is C32H49N3O2S. The van der Waals surface area contributed by atoms with Crippen molar-refractivity contribution in [3.8, 4) is 0 Å². The fraction of sp³-hybridized carbons (Fsp3) is 0.656. The lowest BCUT2D eigenvalue weighted by Gasteiger charge is -2.41. The van der Waals surface area contributed by atoms with E-state index in [1.807, 2.05) is 0 Å². The summed E-state index contributed by atoms with van der Waals surface area (Å²) in [6.07, 6.45) is 10.3. The minimum absolute atomic E-state index is 0.270. The maximum atomic E-state index is 12.2. The lowest BCUT2D eigenvalue weighted by atomic mass is 9.83. The molecule has 4 rings (SSSR count). The van der Waals surface area contributed by atoms with Gasteiger partial charge < -0.3 is 14.9 Å². The first kappa shape index (κ1) is 29.2. The fourth-order valence-electron chi connectivity index (χ4n) is 6.81. The van der Waals surface area contributed by atoms with Gasteiger partial charge in [-0.25, -0.2) is 0 Å². The summed E-state index contributed by atoms with van der Waals surface area (Å²) >= 11 is 1.77. The second-order valence-electron chi connectivity index (χ2n) is 12.0. The van der Waals surface area contributed by atoms with Crippen molar-refractivity contribution >= 4 is 17.7 Å². The van der Waals surface area contributed by atoms with E-state index in [1.54, 1.807) is 11.8 Å². The number of allylic oxidation sites excluding steroid dienone is 1. The maximum absolute atomic E-state index is 12.2. The molecular weight excluding hydrogens is 490 g/mol. The quantitative estimate of drug-likeness (QED) is 0.328. The predicted octanol–water partition coefficient (Wildman–Crippen LogP) is 6.48. The molecule has 0 aromatic heterocycles. The van der Waals surface area contributed by atoms with Crippen molar-refractivity contribution in [2.24, 2.45) is 11.8 Å². The molecule has 2 atom stereocenters. The largest absolute Gasteiger partial charge is 0.480 e. The molecule has 1 saturated carbocycles. The number of aliphatic carboxylic acids is 1. The molecule has 1 N–H and O–H groups in total. The van der Waals surface area contributed by atoms with Gasteiger partial charge in [0.15, 0.2) is 0 Å². The summed E-state index contributed by atoms with van der Waals surface area (Å²) in [5.41, 5.74) is 2.70. The van der Waals surface area contributed by atoms with Crippen molar-refractivity contribution < 1.29 is 9.90 Å². The van der Waals surface area contributed by atoms with Crippen LogP contribution in [0.15, 0.2) is 52.9 Å². The van der Waals surface area contributed by atoms with Crippen LogP contribution in [-0.4, -0.2) is 77.1 Å². The van der Waals surface area contributed by atoms with Crippen molar-refractivity contribution in [3.05, 3.63) is 58.5 Å². The maximum Gasteiger partial charge on any atom is 0.321 e. The summed E-state index contributed by atoms with van der Waals surface area (Å²) in [5.74, 6) is 0.337. The molecule has 6 heteroatoms. The van der Waals surface area contributed by atoms with Gasteiger partial charge in [0.1, 0.15) is 6.04 Å². The van der Waals surface area contributed by atoms with E-state index in [2.05, 4.69) is 70.9 Å². The van der Waals surface area contributed by atoms with E-state index < -0.39 is 5.97 Å². The first-order chi connectivity index (χ1) is 18.4. The molecule has 38 heavy (non-hydrogen) atoms. The summed E-state index contributed by atoms with van der Waals surface area (Å²) < 4.78 is 0. The van der Waals surface area contributed by atoms with Crippen LogP contribution < -0.4 is 0 Å². The first-order valence-corrected chi connectivity index (χ1v) is 15.8. The Labute approximate surface area is 235 Å². The fourth-order valence-corrected chi connectivity index (χ4v) is 7.56. The Morgan fingerprint density at radius 2 is 1.79 bits per heavy atom. The van der Waals surface area contributed by atoms with E-state index in [0.29, 0.717) is 17.9 Å². The highest BCUT2D eigenvalue weighted by atomic mass is 32.2. The second-order valence-corrected chi connectivity index (χ2v) is 12.9. The van der Waals surface area contributed by atoms with Crippen LogP contribution in [0.3, 0.4) is 0 Å². The van der Waals surface area contributed by atoms with Crippen molar-refractivity contribution in [1.82, 2.24) is 14.7 Å². The van der Waals surface area contributed by atoms with Gasteiger partial charge in [-0.1, -0.05) is 73.5 Å². The molecule has 0 radical (unpaired) electrons. The number of carboxylic acids is 1. The molecule has 2 unspecified atom stereocenters. The third-order valence-electron chi connectivity index (χ3n) is 8.81. The van der Waals surface area contributed by atoms with Crippen molar-refractivity contribution in [2.45, 2.75) is 83.7 Å². The normalized spacial score (nSPS) is 22.7. The first-order valence-electron chi connectivity index (χ1n) is 14.9. The predicted molar refractivity (Wildman–Crippen MR) is 160 cm³/mol. The van der Waals surface area contributed by atoms with Crippen LogP contribution in [0.1, 0.15) is 70.8 Å². The molecule has 0 bridgehead atoms. The van der Waals surface area contributed by atoms with Crippen molar-refractivity contribution in [1.29, 1.82) is 0 Å². The number of rotatable bonds is 12. The second kappa shape index (κ2) is 14.6. The highest BCUT2D eigenvalue weighted by Gasteiger charge is 2.38. The van der Waals surface area contributed by atoms with Gasteiger partial charge in [-0.05, 0) is 81.7 Å². The van der Waals surface area contributed by atoms with Crippen LogP contribution in [0.5, 0.6) is 0 Å². The van der Waals surface area contributed by atoms with E-state index in [0.717, 1.165) is 70.0 Å².